The smallest absolute Gasteiger partial charge is 0.224 e. The van der Waals surface area contributed by atoms with Crippen LogP contribution < -0.4 is 10.2 Å². The number of anilines is 1. The van der Waals surface area contributed by atoms with Crippen molar-refractivity contribution in [2.45, 2.75) is 20.0 Å². The summed E-state index contributed by atoms with van der Waals surface area (Å²) in [5, 5.41) is 7.07. The minimum atomic E-state index is -0.135. The molecule has 0 aromatic carbocycles. The molecule has 21 heavy (non-hydrogen) atoms. The minimum Gasteiger partial charge on any atom is -0.362 e. The van der Waals surface area contributed by atoms with Crippen molar-refractivity contribution < 1.29 is 4.79 Å². The van der Waals surface area contributed by atoms with Gasteiger partial charge in [-0.3, -0.25) is 9.48 Å². The van der Waals surface area contributed by atoms with Crippen molar-refractivity contribution in [1.29, 1.82) is 0 Å². The number of hydrogen-bond donors (Lipinski definition) is 1. The molecule has 6 heteroatoms. The fraction of sp³-hybridized carbons (Fsp3) is 0.400. The van der Waals surface area contributed by atoms with Crippen LogP contribution >= 0.6 is 0 Å². The van der Waals surface area contributed by atoms with Gasteiger partial charge >= 0.3 is 0 Å². The molecule has 2 aromatic heterocycles. The van der Waals surface area contributed by atoms with E-state index in [0.29, 0.717) is 13.1 Å². The molecule has 2 rings (SSSR count). The maximum absolute atomic E-state index is 12.1. The molecule has 0 bridgehead atoms. The molecule has 0 unspecified atom stereocenters. The molecule has 0 aliphatic carbocycles. The number of aromatic nitrogens is 3. The first-order valence-electron chi connectivity index (χ1n) is 6.94. The van der Waals surface area contributed by atoms with Crippen LogP contribution in [0.2, 0.25) is 0 Å². The molecule has 0 fully saturated rings. The average molecular weight is 287 g/mol. The Morgan fingerprint density at radius 3 is 2.86 bits per heavy atom. The molecule has 0 radical (unpaired) electrons. The fourth-order valence-electron chi connectivity index (χ4n) is 2.10. The summed E-state index contributed by atoms with van der Waals surface area (Å²) in [4.78, 5) is 18.4. The van der Waals surface area contributed by atoms with Crippen molar-refractivity contribution >= 4 is 11.7 Å². The van der Waals surface area contributed by atoms with E-state index in [4.69, 9.17) is 0 Å². The van der Waals surface area contributed by atoms with Crippen molar-refractivity contribution in [3.8, 4) is 0 Å². The van der Waals surface area contributed by atoms with Gasteiger partial charge in [-0.25, -0.2) is 4.98 Å². The SMILES string of the molecule is C[C@@H](Cn1cccn1)C(=O)NCc1cccnc1N(C)C. The molecule has 0 saturated heterocycles. The highest BCUT2D eigenvalue weighted by Crippen LogP contribution is 2.14. The minimum absolute atomic E-state index is 0.0130. The highest BCUT2D eigenvalue weighted by atomic mass is 16.1. The molecule has 2 aromatic rings. The van der Waals surface area contributed by atoms with E-state index in [2.05, 4.69) is 15.4 Å². The van der Waals surface area contributed by atoms with Crippen molar-refractivity contribution in [1.82, 2.24) is 20.1 Å². The zero-order chi connectivity index (χ0) is 15.2. The molecule has 1 N–H and O–H groups in total. The van der Waals surface area contributed by atoms with Crippen LogP contribution in [0.3, 0.4) is 0 Å². The van der Waals surface area contributed by atoms with E-state index in [1.165, 1.54) is 0 Å². The zero-order valence-corrected chi connectivity index (χ0v) is 12.7. The summed E-state index contributed by atoms with van der Waals surface area (Å²) in [6, 6.07) is 5.70. The summed E-state index contributed by atoms with van der Waals surface area (Å²) >= 11 is 0. The number of nitrogens with one attached hydrogen (secondary N) is 1. The largest absolute Gasteiger partial charge is 0.362 e. The summed E-state index contributed by atoms with van der Waals surface area (Å²) in [6.07, 6.45) is 5.32. The van der Waals surface area contributed by atoms with Crippen LogP contribution in [-0.2, 0) is 17.9 Å². The number of rotatable bonds is 6. The number of amides is 1. The molecule has 112 valence electrons. The van der Waals surface area contributed by atoms with E-state index in [1.807, 2.05) is 50.3 Å². The van der Waals surface area contributed by atoms with Crippen LogP contribution in [0.15, 0.2) is 36.8 Å². The van der Waals surface area contributed by atoms with E-state index in [-0.39, 0.29) is 11.8 Å². The van der Waals surface area contributed by atoms with E-state index in [0.717, 1.165) is 11.4 Å². The third-order valence-corrected chi connectivity index (χ3v) is 3.21. The third-order valence-electron chi connectivity index (χ3n) is 3.21. The van der Waals surface area contributed by atoms with Gasteiger partial charge in [-0.05, 0) is 12.1 Å². The zero-order valence-electron chi connectivity index (χ0n) is 12.7. The Morgan fingerprint density at radius 1 is 1.38 bits per heavy atom. The summed E-state index contributed by atoms with van der Waals surface area (Å²) < 4.78 is 1.76. The lowest BCUT2D eigenvalue weighted by Crippen LogP contribution is -2.31. The number of nitrogens with zero attached hydrogens (tertiary/aromatic N) is 4. The van der Waals surface area contributed by atoms with Crippen LogP contribution in [0.1, 0.15) is 12.5 Å². The monoisotopic (exact) mass is 287 g/mol. The highest BCUT2D eigenvalue weighted by molar-refractivity contribution is 5.78. The molecule has 0 saturated carbocycles. The summed E-state index contributed by atoms with van der Waals surface area (Å²) in [6.45, 7) is 2.95. The van der Waals surface area contributed by atoms with Gasteiger partial charge in [0.25, 0.3) is 0 Å². The number of hydrogen-bond acceptors (Lipinski definition) is 4. The van der Waals surface area contributed by atoms with Gasteiger partial charge in [0.05, 0.1) is 12.5 Å². The van der Waals surface area contributed by atoms with Gasteiger partial charge in [0.2, 0.25) is 5.91 Å². The van der Waals surface area contributed by atoms with Gasteiger partial charge in [-0.2, -0.15) is 5.10 Å². The summed E-state index contributed by atoms with van der Waals surface area (Å²) in [5.41, 5.74) is 1.00. The van der Waals surface area contributed by atoms with Crippen LogP contribution in [0.4, 0.5) is 5.82 Å². The first-order chi connectivity index (χ1) is 10.1. The molecular formula is C15H21N5O. The predicted molar refractivity (Wildman–Crippen MR) is 81.8 cm³/mol. The Labute approximate surface area is 124 Å². The van der Waals surface area contributed by atoms with Gasteiger partial charge in [0.15, 0.2) is 0 Å². The highest BCUT2D eigenvalue weighted by Gasteiger charge is 2.14. The second kappa shape index (κ2) is 6.88. The second-order valence-electron chi connectivity index (χ2n) is 5.23. The molecule has 1 atom stereocenters. The van der Waals surface area contributed by atoms with E-state index < -0.39 is 0 Å². The number of pyridine rings is 1. The number of carbonyl (C=O) groups excluding carboxylic acids is 1. The van der Waals surface area contributed by atoms with Gasteiger partial charge in [-0.15, -0.1) is 0 Å². The Balaban J connectivity index is 1.92. The van der Waals surface area contributed by atoms with E-state index in [9.17, 15) is 4.79 Å². The maximum Gasteiger partial charge on any atom is 0.224 e. The Morgan fingerprint density at radius 2 is 2.19 bits per heavy atom. The van der Waals surface area contributed by atoms with Crippen molar-refractivity contribution in [2.24, 2.45) is 5.92 Å². The molecule has 6 nitrogen and oxygen atoms in total. The number of carbonyl (C=O) groups is 1. The predicted octanol–water partition coefficient (Wildman–Crippen LogP) is 1.30. The Hall–Kier alpha value is -2.37. The van der Waals surface area contributed by atoms with Crippen molar-refractivity contribution in [3.63, 3.8) is 0 Å². The summed E-state index contributed by atoms with van der Waals surface area (Å²) in [5.74, 6) is 0.751. The van der Waals surface area contributed by atoms with Crippen LogP contribution in [-0.4, -0.2) is 34.8 Å². The molecule has 0 spiro atoms. The normalized spacial score (nSPS) is 12.0. The van der Waals surface area contributed by atoms with E-state index >= 15 is 0 Å². The topological polar surface area (TPSA) is 63.1 Å². The quantitative estimate of drug-likeness (QED) is 0.870. The fourth-order valence-corrected chi connectivity index (χ4v) is 2.10. The van der Waals surface area contributed by atoms with Gasteiger partial charge in [0, 0.05) is 44.8 Å². The first kappa shape index (κ1) is 15.0. The molecule has 1 amide bonds. The summed E-state index contributed by atoms with van der Waals surface area (Å²) in [7, 11) is 3.88. The lowest BCUT2D eigenvalue weighted by atomic mass is 10.1. The third kappa shape index (κ3) is 4.05. The standard InChI is InChI=1S/C15H21N5O/c1-12(11-20-9-5-8-18-20)15(21)17-10-13-6-4-7-16-14(13)19(2)3/h4-9,12H,10-11H2,1-3H3,(H,17,21)/t12-/m0/s1. The Kier molecular flexibility index (Phi) is 4.92. The van der Waals surface area contributed by atoms with Crippen LogP contribution in [0.25, 0.3) is 0 Å². The maximum atomic E-state index is 12.1. The van der Waals surface area contributed by atoms with E-state index in [1.54, 1.807) is 17.1 Å². The van der Waals surface area contributed by atoms with Crippen molar-refractivity contribution in [3.05, 3.63) is 42.4 Å². The molecule has 0 aliphatic rings. The Bertz CT molecular complexity index is 580. The van der Waals surface area contributed by atoms with Crippen LogP contribution in [0, 0.1) is 5.92 Å². The second-order valence-corrected chi connectivity index (χ2v) is 5.23. The van der Waals surface area contributed by atoms with Gasteiger partial charge in [-0.1, -0.05) is 13.0 Å². The lowest BCUT2D eigenvalue weighted by molar-refractivity contribution is -0.125. The van der Waals surface area contributed by atoms with Crippen LogP contribution in [0.5, 0.6) is 0 Å². The van der Waals surface area contributed by atoms with Gasteiger partial charge in [0.1, 0.15) is 5.82 Å². The molecular weight excluding hydrogens is 266 g/mol. The molecule has 2 heterocycles. The average Bonchev–Trinajstić information content (AvgIpc) is 2.97. The lowest BCUT2D eigenvalue weighted by Gasteiger charge is -2.17. The van der Waals surface area contributed by atoms with Crippen molar-refractivity contribution in [2.75, 3.05) is 19.0 Å². The molecule has 0 aliphatic heterocycles. The first-order valence-corrected chi connectivity index (χ1v) is 6.94. The van der Waals surface area contributed by atoms with Gasteiger partial charge < -0.3 is 10.2 Å².